The average molecular weight is 443 g/mol. The van der Waals surface area contributed by atoms with Gasteiger partial charge >= 0.3 is 0 Å². The van der Waals surface area contributed by atoms with Crippen LogP contribution in [0.2, 0.25) is 5.02 Å². The lowest BCUT2D eigenvalue weighted by atomic mass is 10.2. The normalized spacial score (nSPS) is 16.0. The van der Waals surface area contributed by atoms with Crippen LogP contribution in [-0.2, 0) is 9.53 Å². The van der Waals surface area contributed by atoms with Gasteiger partial charge in [-0.15, -0.1) is 10.2 Å². The quantitative estimate of drug-likeness (QED) is 0.553. The van der Waals surface area contributed by atoms with Gasteiger partial charge in [0.25, 0.3) is 0 Å². The minimum atomic E-state index is -0.0395. The summed E-state index contributed by atoms with van der Waals surface area (Å²) in [6.07, 6.45) is 2.19. The van der Waals surface area contributed by atoms with E-state index >= 15 is 0 Å². The molecule has 0 spiro atoms. The molecule has 0 unspecified atom stereocenters. The number of rotatable bonds is 7. The van der Waals surface area contributed by atoms with Crippen LogP contribution in [0.3, 0.4) is 0 Å². The second-order valence-electron chi connectivity index (χ2n) is 7.22. The molecule has 1 aliphatic heterocycles. The molecule has 6 nitrogen and oxygen atoms in total. The third kappa shape index (κ3) is 5.03. The maximum atomic E-state index is 12.3. The molecule has 2 heterocycles. The predicted molar refractivity (Wildman–Crippen MR) is 119 cm³/mol. The molecule has 0 bridgehead atoms. The summed E-state index contributed by atoms with van der Waals surface area (Å²) < 4.78 is 7.54. The molecule has 1 atom stereocenters. The average Bonchev–Trinajstić information content (AvgIpc) is 3.41. The maximum absolute atomic E-state index is 12.3. The molecule has 1 saturated heterocycles. The zero-order valence-corrected chi connectivity index (χ0v) is 18.2. The van der Waals surface area contributed by atoms with Crippen molar-refractivity contribution < 1.29 is 9.53 Å². The highest BCUT2D eigenvalue weighted by Crippen LogP contribution is 2.29. The van der Waals surface area contributed by atoms with Gasteiger partial charge in [0.1, 0.15) is 0 Å². The summed E-state index contributed by atoms with van der Waals surface area (Å²) >= 11 is 7.41. The first kappa shape index (κ1) is 20.9. The second-order valence-corrected chi connectivity index (χ2v) is 8.59. The molecule has 1 aliphatic rings. The Bertz CT molecular complexity index is 1020. The molecule has 156 valence electrons. The van der Waals surface area contributed by atoms with Crippen molar-refractivity contribution in [3.63, 3.8) is 0 Å². The Hall–Kier alpha value is -2.35. The minimum Gasteiger partial charge on any atom is -0.376 e. The van der Waals surface area contributed by atoms with Crippen LogP contribution < -0.4 is 5.32 Å². The molecule has 30 heavy (non-hydrogen) atoms. The van der Waals surface area contributed by atoms with Crippen LogP contribution in [0.5, 0.6) is 0 Å². The molecule has 1 fully saturated rings. The third-order valence-electron chi connectivity index (χ3n) is 4.88. The van der Waals surface area contributed by atoms with E-state index in [2.05, 4.69) is 21.6 Å². The Balaban J connectivity index is 1.55. The lowest BCUT2D eigenvalue weighted by molar-refractivity contribution is -0.119. The molecule has 0 radical (unpaired) electrons. The molecule has 0 aliphatic carbocycles. The van der Waals surface area contributed by atoms with E-state index in [9.17, 15) is 4.79 Å². The fourth-order valence-corrected chi connectivity index (χ4v) is 4.27. The molecule has 8 heteroatoms. The van der Waals surface area contributed by atoms with Crippen molar-refractivity contribution in [1.29, 1.82) is 0 Å². The van der Waals surface area contributed by atoms with Crippen LogP contribution in [0.25, 0.3) is 17.1 Å². The molecule has 4 rings (SSSR count). The predicted octanol–water partition coefficient (Wildman–Crippen LogP) is 4.28. The number of hydrogen-bond donors (Lipinski definition) is 1. The van der Waals surface area contributed by atoms with E-state index in [1.807, 2.05) is 54.0 Å². The number of benzene rings is 2. The van der Waals surface area contributed by atoms with E-state index in [0.29, 0.717) is 22.5 Å². The number of nitrogens with one attached hydrogen (secondary N) is 1. The van der Waals surface area contributed by atoms with Crippen molar-refractivity contribution in [2.75, 3.05) is 18.9 Å². The number of aromatic nitrogens is 3. The molecular formula is C22H23ClN4O2S. The Morgan fingerprint density at radius 1 is 1.27 bits per heavy atom. The number of carbonyl (C=O) groups excluding carboxylic acids is 1. The summed E-state index contributed by atoms with van der Waals surface area (Å²) in [6.45, 7) is 3.38. The Morgan fingerprint density at radius 3 is 2.83 bits per heavy atom. The highest BCUT2D eigenvalue weighted by Gasteiger charge is 2.19. The van der Waals surface area contributed by atoms with Crippen LogP contribution in [0.4, 0.5) is 0 Å². The monoisotopic (exact) mass is 442 g/mol. The van der Waals surface area contributed by atoms with Gasteiger partial charge in [-0.2, -0.15) is 0 Å². The number of amides is 1. The Kier molecular flexibility index (Phi) is 6.72. The van der Waals surface area contributed by atoms with E-state index < -0.39 is 0 Å². The van der Waals surface area contributed by atoms with Crippen molar-refractivity contribution in [3.8, 4) is 17.1 Å². The first-order valence-electron chi connectivity index (χ1n) is 9.89. The number of ether oxygens (including phenoxy) is 1. The first-order valence-corrected chi connectivity index (χ1v) is 11.3. The molecule has 0 saturated carbocycles. The summed E-state index contributed by atoms with van der Waals surface area (Å²) in [6, 6.07) is 15.6. The fraction of sp³-hybridized carbons (Fsp3) is 0.318. The SMILES string of the molecule is Cc1cccc(-n2c(SCC(=O)NC[C@@H]3CCCO3)nnc2-c2ccc(Cl)cc2)c1. The molecular weight excluding hydrogens is 420 g/mol. The molecule has 1 N–H and O–H groups in total. The van der Waals surface area contributed by atoms with Gasteiger partial charge < -0.3 is 10.1 Å². The minimum absolute atomic E-state index is 0.0395. The van der Waals surface area contributed by atoms with Crippen LogP contribution in [-0.4, -0.2) is 45.7 Å². The summed E-state index contributed by atoms with van der Waals surface area (Å²) in [4.78, 5) is 12.3. The summed E-state index contributed by atoms with van der Waals surface area (Å²) in [7, 11) is 0. The van der Waals surface area contributed by atoms with Gasteiger partial charge in [0.15, 0.2) is 11.0 Å². The number of aryl methyl sites for hydroxylation is 1. The van der Waals surface area contributed by atoms with Gasteiger partial charge in [0, 0.05) is 29.4 Å². The lowest BCUT2D eigenvalue weighted by Gasteiger charge is -2.12. The van der Waals surface area contributed by atoms with E-state index in [0.717, 1.165) is 36.3 Å². The van der Waals surface area contributed by atoms with Crippen LogP contribution in [0, 0.1) is 6.92 Å². The number of halogens is 1. The van der Waals surface area contributed by atoms with Crippen molar-refractivity contribution in [2.45, 2.75) is 31.0 Å². The molecule has 2 aromatic carbocycles. The summed E-state index contributed by atoms with van der Waals surface area (Å²) in [5.41, 5.74) is 2.99. The molecule has 1 aromatic heterocycles. The van der Waals surface area contributed by atoms with E-state index in [4.69, 9.17) is 16.3 Å². The number of nitrogens with zero attached hydrogens (tertiary/aromatic N) is 3. The van der Waals surface area contributed by atoms with Crippen LogP contribution >= 0.6 is 23.4 Å². The summed E-state index contributed by atoms with van der Waals surface area (Å²) in [5, 5.41) is 13.1. The first-order chi connectivity index (χ1) is 14.6. The van der Waals surface area contributed by atoms with Crippen molar-refractivity contribution in [2.24, 2.45) is 0 Å². The third-order valence-corrected chi connectivity index (χ3v) is 6.06. The van der Waals surface area contributed by atoms with E-state index in [1.165, 1.54) is 11.8 Å². The maximum Gasteiger partial charge on any atom is 0.230 e. The summed E-state index contributed by atoms with van der Waals surface area (Å²) in [5.74, 6) is 0.930. The standard InChI is InChI=1S/C22H23ClN4O2S/c1-15-4-2-5-18(12-15)27-21(16-7-9-17(23)10-8-16)25-26-22(27)30-14-20(28)24-13-19-6-3-11-29-19/h2,4-5,7-10,12,19H,3,6,11,13-14H2,1H3,(H,24,28)/t19-/m0/s1. The topological polar surface area (TPSA) is 69.0 Å². The van der Waals surface area contributed by atoms with Crippen LogP contribution in [0.1, 0.15) is 18.4 Å². The highest BCUT2D eigenvalue weighted by atomic mass is 35.5. The highest BCUT2D eigenvalue weighted by molar-refractivity contribution is 7.99. The largest absolute Gasteiger partial charge is 0.376 e. The van der Waals surface area contributed by atoms with Crippen molar-refractivity contribution >= 4 is 29.3 Å². The van der Waals surface area contributed by atoms with Gasteiger partial charge in [-0.25, -0.2) is 0 Å². The Labute approximate surface area is 185 Å². The number of thioether (sulfide) groups is 1. The van der Waals surface area contributed by atoms with Crippen molar-refractivity contribution in [3.05, 3.63) is 59.1 Å². The number of hydrogen-bond acceptors (Lipinski definition) is 5. The van der Waals surface area contributed by atoms with Crippen molar-refractivity contribution in [1.82, 2.24) is 20.1 Å². The van der Waals surface area contributed by atoms with E-state index in [1.54, 1.807) is 0 Å². The Morgan fingerprint density at radius 2 is 2.10 bits per heavy atom. The number of carbonyl (C=O) groups is 1. The molecule has 1 amide bonds. The zero-order valence-electron chi connectivity index (χ0n) is 16.7. The van der Waals surface area contributed by atoms with Gasteiger partial charge in [0.05, 0.1) is 11.9 Å². The second kappa shape index (κ2) is 9.64. The lowest BCUT2D eigenvalue weighted by Crippen LogP contribution is -2.32. The van der Waals surface area contributed by atoms with E-state index in [-0.39, 0.29) is 17.8 Å². The van der Waals surface area contributed by atoms with Gasteiger partial charge in [-0.05, 0) is 61.7 Å². The fourth-order valence-electron chi connectivity index (χ4n) is 3.36. The van der Waals surface area contributed by atoms with Crippen LogP contribution in [0.15, 0.2) is 53.7 Å². The molecule has 3 aromatic rings. The van der Waals surface area contributed by atoms with Gasteiger partial charge in [-0.3, -0.25) is 9.36 Å². The van der Waals surface area contributed by atoms with Gasteiger partial charge in [-0.1, -0.05) is 35.5 Å². The van der Waals surface area contributed by atoms with Gasteiger partial charge in [0.2, 0.25) is 5.91 Å². The zero-order chi connectivity index (χ0) is 20.9. The smallest absolute Gasteiger partial charge is 0.230 e.